The smallest absolute Gasteiger partial charge is 0.338 e. The molecule has 0 atom stereocenters. The number of amides is 1. The van der Waals surface area contributed by atoms with Crippen molar-refractivity contribution in [1.82, 2.24) is 10.8 Å². The summed E-state index contributed by atoms with van der Waals surface area (Å²) in [4.78, 5) is 45.2. The van der Waals surface area contributed by atoms with Crippen LogP contribution in [0, 0.1) is 6.92 Å². The van der Waals surface area contributed by atoms with Gasteiger partial charge >= 0.3 is 11.9 Å². The van der Waals surface area contributed by atoms with Crippen LogP contribution in [0.4, 0.5) is 0 Å². The minimum absolute atomic E-state index is 0.0488. The zero-order chi connectivity index (χ0) is 24.2. The Hall–Kier alpha value is -3.31. The zero-order valence-corrected chi connectivity index (χ0v) is 18.6. The second kappa shape index (κ2) is 13.3. The van der Waals surface area contributed by atoms with E-state index in [1.807, 2.05) is 0 Å². The maximum Gasteiger partial charge on any atom is 0.338 e. The van der Waals surface area contributed by atoms with Gasteiger partial charge in [-0.3, -0.25) is 14.9 Å². The first-order valence-electron chi connectivity index (χ1n) is 10.4. The minimum atomic E-state index is -1.16. The predicted octanol–water partition coefficient (Wildman–Crippen LogP) is 2.70. The van der Waals surface area contributed by atoms with Gasteiger partial charge in [-0.05, 0) is 55.7 Å². The Labute approximate surface area is 191 Å². The number of carboxylic acids is 1. The molecule has 0 spiro atoms. The maximum atomic E-state index is 12.3. The zero-order valence-electron chi connectivity index (χ0n) is 18.6. The number of carbonyl (C=O) groups excluding carboxylic acids is 2. The third-order valence-electron chi connectivity index (χ3n) is 4.66. The number of aromatic carboxylic acids is 1. The van der Waals surface area contributed by atoms with E-state index in [0.717, 1.165) is 5.56 Å². The van der Waals surface area contributed by atoms with E-state index >= 15 is 0 Å². The molecule has 4 N–H and O–H groups in total. The summed E-state index contributed by atoms with van der Waals surface area (Å²) < 4.78 is 4.99. The quantitative estimate of drug-likeness (QED) is 0.153. The molecule has 0 heterocycles. The first kappa shape index (κ1) is 25.9. The number of aryl methyl sites for hydroxylation is 1. The lowest BCUT2D eigenvalue weighted by Gasteiger charge is -2.12. The predicted molar refractivity (Wildman–Crippen MR) is 118 cm³/mol. The minimum Gasteiger partial charge on any atom is -0.478 e. The molecule has 0 radical (unpaired) electrons. The van der Waals surface area contributed by atoms with Gasteiger partial charge in [-0.25, -0.2) is 20.0 Å². The number of hydrogen-bond acceptors (Lipinski definition) is 8. The first-order chi connectivity index (χ1) is 15.9. The molecule has 2 aromatic rings. The van der Waals surface area contributed by atoms with E-state index in [0.29, 0.717) is 36.2 Å². The SMILES string of the molecule is CCOC(=O)c1ccc(COO)c(CONCCCNC(=O)c2cc(C)ccc2C(=O)O)c1. The average molecular weight is 460 g/mol. The second-order valence-corrected chi connectivity index (χ2v) is 7.12. The van der Waals surface area contributed by atoms with Gasteiger partial charge in [0.1, 0.15) is 6.61 Å². The van der Waals surface area contributed by atoms with Crippen molar-refractivity contribution in [2.24, 2.45) is 0 Å². The molecule has 0 unspecified atom stereocenters. The molecular formula is C23H28N2O8. The van der Waals surface area contributed by atoms with E-state index in [4.69, 9.17) is 14.8 Å². The van der Waals surface area contributed by atoms with Crippen molar-refractivity contribution in [3.63, 3.8) is 0 Å². The molecule has 0 aromatic heterocycles. The molecule has 0 aliphatic heterocycles. The number of rotatable bonds is 13. The monoisotopic (exact) mass is 460 g/mol. The van der Waals surface area contributed by atoms with Gasteiger partial charge in [0.2, 0.25) is 0 Å². The van der Waals surface area contributed by atoms with Gasteiger partial charge in [0.15, 0.2) is 0 Å². The molecule has 2 aromatic carbocycles. The summed E-state index contributed by atoms with van der Waals surface area (Å²) in [5, 5.41) is 20.7. The van der Waals surface area contributed by atoms with Gasteiger partial charge < -0.3 is 15.2 Å². The highest BCUT2D eigenvalue weighted by atomic mass is 17.1. The molecule has 178 valence electrons. The first-order valence-corrected chi connectivity index (χ1v) is 10.4. The van der Waals surface area contributed by atoms with Crippen molar-refractivity contribution in [3.8, 4) is 0 Å². The Balaban J connectivity index is 1.80. The lowest BCUT2D eigenvalue weighted by Crippen LogP contribution is -2.28. The Bertz CT molecular complexity index is 977. The van der Waals surface area contributed by atoms with Crippen LogP contribution in [0.3, 0.4) is 0 Å². The third-order valence-corrected chi connectivity index (χ3v) is 4.66. The molecule has 0 saturated heterocycles. The topological polar surface area (TPSA) is 143 Å². The van der Waals surface area contributed by atoms with E-state index in [2.05, 4.69) is 15.7 Å². The largest absolute Gasteiger partial charge is 0.478 e. The van der Waals surface area contributed by atoms with Crippen molar-refractivity contribution < 1.29 is 39.2 Å². The van der Waals surface area contributed by atoms with Gasteiger partial charge in [0, 0.05) is 13.1 Å². The summed E-state index contributed by atoms with van der Waals surface area (Å²) in [6.45, 7) is 4.51. The number of carboxylic acid groups (broad SMARTS) is 1. The summed E-state index contributed by atoms with van der Waals surface area (Å²) in [6, 6.07) is 9.43. The van der Waals surface area contributed by atoms with Crippen LogP contribution >= 0.6 is 0 Å². The Morgan fingerprint density at radius 2 is 1.76 bits per heavy atom. The van der Waals surface area contributed by atoms with Gasteiger partial charge in [-0.1, -0.05) is 17.7 Å². The molecule has 0 aliphatic carbocycles. The van der Waals surface area contributed by atoms with Crippen LogP contribution in [0.2, 0.25) is 0 Å². The highest BCUT2D eigenvalue weighted by Crippen LogP contribution is 2.15. The van der Waals surface area contributed by atoms with Crippen molar-refractivity contribution in [3.05, 3.63) is 69.8 Å². The van der Waals surface area contributed by atoms with Crippen molar-refractivity contribution in [2.75, 3.05) is 19.7 Å². The van der Waals surface area contributed by atoms with Crippen LogP contribution in [0.25, 0.3) is 0 Å². The summed E-state index contributed by atoms with van der Waals surface area (Å²) >= 11 is 0. The summed E-state index contributed by atoms with van der Waals surface area (Å²) in [6.07, 6.45) is 0.523. The maximum absolute atomic E-state index is 12.3. The molecule has 0 bridgehead atoms. The number of nitrogens with one attached hydrogen (secondary N) is 2. The standard InChI is InChI=1S/C23H28N2O8/c1-3-31-23(29)16-6-7-17(14-33-30)18(12-16)13-32-25-10-4-9-24-21(26)20-11-15(2)5-8-19(20)22(27)28/h5-8,11-12,25,30H,3-4,9-10,13-14H2,1-2H3,(H,24,26)(H,27,28). The van der Waals surface area contributed by atoms with Crippen LogP contribution < -0.4 is 10.8 Å². The van der Waals surface area contributed by atoms with Crippen LogP contribution in [0.5, 0.6) is 0 Å². The molecule has 33 heavy (non-hydrogen) atoms. The van der Waals surface area contributed by atoms with Crippen LogP contribution in [-0.4, -0.2) is 47.9 Å². The highest BCUT2D eigenvalue weighted by molar-refractivity contribution is 6.04. The van der Waals surface area contributed by atoms with Crippen LogP contribution in [-0.2, 0) is 27.7 Å². The van der Waals surface area contributed by atoms with Crippen LogP contribution in [0.1, 0.15) is 61.1 Å². The fraction of sp³-hybridized carbons (Fsp3) is 0.348. The number of benzene rings is 2. The van der Waals surface area contributed by atoms with Gasteiger partial charge in [0.05, 0.1) is 29.9 Å². The number of hydroxylamine groups is 1. The van der Waals surface area contributed by atoms with E-state index in [9.17, 15) is 19.5 Å². The molecule has 0 fully saturated rings. The molecule has 0 aliphatic rings. The Morgan fingerprint density at radius 3 is 2.45 bits per heavy atom. The number of hydrogen-bond donors (Lipinski definition) is 4. The normalized spacial score (nSPS) is 10.6. The summed E-state index contributed by atoms with van der Waals surface area (Å²) in [7, 11) is 0. The van der Waals surface area contributed by atoms with Crippen molar-refractivity contribution >= 4 is 17.8 Å². The van der Waals surface area contributed by atoms with E-state index < -0.39 is 17.8 Å². The van der Waals surface area contributed by atoms with Gasteiger partial charge in [0.25, 0.3) is 5.91 Å². The van der Waals surface area contributed by atoms with Crippen LogP contribution in [0.15, 0.2) is 36.4 Å². The number of esters is 1. The molecule has 10 nitrogen and oxygen atoms in total. The fourth-order valence-corrected chi connectivity index (χ4v) is 3.00. The number of carbonyl (C=O) groups is 3. The summed E-state index contributed by atoms with van der Waals surface area (Å²) in [5.41, 5.74) is 5.26. The van der Waals surface area contributed by atoms with Gasteiger partial charge in [-0.15, -0.1) is 0 Å². The average Bonchev–Trinajstić information content (AvgIpc) is 2.79. The van der Waals surface area contributed by atoms with E-state index in [1.165, 1.54) is 12.1 Å². The second-order valence-electron chi connectivity index (χ2n) is 7.12. The third kappa shape index (κ3) is 7.95. The molecular weight excluding hydrogens is 432 g/mol. The summed E-state index contributed by atoms with van der Waals surface area (Å²) in [5.74, 6) is -2.08. The molecule has 0 saturated carbocycles. The molecule has 10 heteroatoms. The number of ether oxygens (including phenoxy) is 1. The lowest BCUT2D eigenvalue weighted by molar-refractivity contribution is -0.253. The highest BCUT2D eigenvalue weighted by Gasteiger charge is 2.16. The van der Waals surface area contributed by atoms with Crippen molar-refractivity contribution in [1.29, 1.82) is 0 Å². The van der Waals surface area contributed by atoms with Gasteiger partial charge in [-0.2, -0.15) is 0 Å². The molecule has 2 rings (SSSR count). The Kier molecular flexibility index (Phi) is 10.4. The Morgan fingerprint density at radius 1 is 0.970 bits per heavy atom. The lowest BCUT2D eigenvalue weighted by atomic mass is 10.0. The van der Waals surface area contributed by atoms with Crippen molar-refractivity contribution in [2.45, 2.75) is 33.5 Å². The van der Waals surface area contributed by atoms with E-state index in [-0.39, 0.29) is 30.9 Å². The fourth-order valence-electron chi connectivity index (χ4n) is 3.00. The molecule has 1 amide bonds. The van der Waals surface area contributed by atoms with E-state index in [1.54, 1.807) is 38.1 Å².